The van der Waals surface area contributed by atoms with Gasteiger partial charge in [0, 0.05) is 22.4 Å². The molecule has 0 N–H and O–H groups in total. The topological polar surface area (TPSA) is 78.9 Å². The molecule has 6 heteroatoms. The third-order valence-corrected chi connectivity index (χ3v) is 4.57. The van der Waals surface area contributed by atoms with Crippen LogP contribution in [-0.2, 0) is 9.53 Å². The number of para-hydroxylation sites is 1. The second kappa shape index (κ2) is 6.88. The number of furan rings is 1. The SMILES string of the molecule is COC(=O)C(C)Oc1cc2c(-c3cc4ccccc4o3)cc(=O)oc2cc1C. The van der Waals surface area contributed by atoms with E-state index >= 15 is 0 Å². The second-order valence-corrected chi connectivity index (χ2v) is 6.52. The highest BCUT2D eigenvalue weighted by Gasteiger charge is 2.19. The summed E-state index contributed by atoms with van der Waals surface area (Å²) < 4.78 is 21.8. The summed E-state index contributed by atoms with van der Waals surface area (Å²) in [5, 5.41) is 1.58. The third kappa shape index (κ3) is 3.13. The Morgan fingerprint density at radius 1 is 1.04 bits per heavy atom. The number of hydrogen-bond acceptors (Lipinski definition) is 6. The number of methoxy groups -OCH3 is 1. The summed E-state index contributed by atoms with van der Waals surface area (Å²) in [6.45, 7) is 3.42. The Bertz CT molecular complexity index is 1210. The lowest BCUT2D eigenvalue weighted by atomic mass is 10.0. The maximum atomic E-state index is 12.1. The summed E-state index contributed by atoms with van der Waals surface area (Å²) >= 11 is 0. The summed E-state index contributed by atoms with van der Waals surface area (Å²) in [6, 6.07) is 14.3. The molecule has 4 aromatic rings. The monoisotopic (exact) mass is 378 g/mol. The second-order valence-electron chi connectivity index (χ2n) is 6.52. The number of rotatable bonds is 4. The van der Waals surface area contributed by atoms with Crippen LogP contribution in [0.2, 0.25) is 0 Å². The maximum Gasteiger partial charge on any atom is 0.346 e. The number of benzene rings is 2. The van der Waals surface area contributed by atoms with Gasteiger partial charge in [-0.1, -0.05) is 18.2 Å². The molecule has 28 heavy (non-hydrogen) atoms. The maximum absolute atomic E-state index is 12.1. The Hall–Kier alpha value is -3.54. The van der Waals surface area contributed by atoms with Crippen molar-refractivity contribution in [3.63, 3.8) is 0 Å². The molecule has 0 aliphatic heterocycles. The molecular formula is C22H18O6. The zero-order valence-corrected chi connectivity index (χ0v) is 15.6. The van der Waals surface area contributed by atoms with E-state index in [1.54, 1.807) is 19.1 Å². The molecule has 0 amide bonds. The normalized spacial score (nSPS) is 12.2. The fourth-order valence-corrected chi connectivity index (χ4v) is 3.14. The molecule has 2 aromatic heterocycles. The van der Waals surface area contributed by atoms with Crippen LogP contribution < -0.4 is 10.4 Å². The number of aryl methyl sites for hydroxylation is 1. The van der Waals surface area contributed by atoms with Crippen molar-refractivity contribution in [1.29, 1.82) is 0 Å². The first-order valence-electron chi connectivity index (χ1n) is 8.78. The average molecular weight is 378 g/mol. The highest BCUT2D eigenvalue weighted by atomic mass is 16.6. The molecule has 4 rings (SSSR count). The van der Waals surface area contributed by atoms with Crippen molar-refractivity contribution in [3.8, 4) is 17.1 Å². The Labute approximate surface area is 160 Å². The quantitative estimate of drug-likeness (QED) is 0.385. The molecule has 0 aliphatic rings. The number of ether oxygens (including phenoxy) is 2. The van der Waals surface area contributed by atoms with Gasteiger partial charge in [-0.15, -0.1) is 0 Å². The number of carbonyl (C=O) groups is 1. The van der Waals surface area contributed by atoms with Gasteiger partial charge in [-0.2, -0.15) is 0 Å². The molecule has 0 aliphatic carbocycles. The lowest BCUT2D eigenvalue weighted by Gasteiger charge is -2.15. The van der Waals surface area contributed by atoms with Crippen molar-refractivity contribution >= 4 is 27.9 Å². The first-order valence-corrected chi connectivity index (χ1v) is 8.78. The van der Waals surface area contributed by atoms with Crippen LogP contribution >= 0.6 is 0 Å². The van der Waals surface area contributed by atoms with Crippen LogP contribution in [0.4, 0.5) is 0 Å². The van der Waals surface area contributed by atoms with E-state index in [-0.39, 0.29) is 0 Å². The summed E-state index contributed by atoms with van der Waals surface area (Å²) in [5.74, 6) is 0.572. The van der Waals surface area contributed by atoms with Crippen LogP contribution in [0.5, 0.6) is 5.75 Å². The molecule has 0 saturated carbocycles. The molecule has 0 fully saturated rings. The zero-order chi connectivity index (χ0) is 19.8. The van der Waals surface area contributed by atoms with Crippen LogP contribution in [0.1, 0.15) is 12.5 Å². The van der Waals surface area contributed by atoms with E-state index < -0.39 is 17.7 Å². The van der Waals surface area contributed by atoms with Crippen molar-refractivity contribution < 1.29 is 23.1 Å². The number of fused-ring (bicyclic) bond motifs is 2. The summed E-state index contributed by atoms with van der Waals surface area (Å²) in [6.07, 6.45) is -0.772. The van der Waals surface area contributed by atoms with E-state index in [2.05, 4.69) is 0 Å². The Morgan fingerprint density at radius 2 is 1.82 bits per heavy atom. The molecule has 0 bridgehead atoms. The van der Waals surface area contributed by atoms with Crippen LogP contribution in [0, 0.1) is 6.92 Å². The van der Waals surface area contributed by atoms with E-state index in [4.69, 9.17) is 18.3 Å². The Balaban J connectivity index is 1.89. The summed E-state index contributed by atoms with van der Waals surface area (Å²) in [4.78, 5) is 23.8. The molecular weight excluding hydrogens is 360 g/mol. The average Bonchev–Trinajstić information content (AvgIpc) is 3.11. The Kier molecular flexibility index (Phi) is 4.39. The highest BCUT2D eigenvalue weighted by molar-refractivity contribution is 5.95. The summed E-state index contributed by atoms with van der Waals surface area (Å²) in [7, 11) is 1.31. The van der Waals surface area contributed by atoms with Gasteiger partial charge in [0.1, 0.15) is 22.7 Å². The van der Waals surface area contributed by atoms with Crippen molar-refractivity contribution in [2.24, 2.45) is 0 Å². The minimum absolute atomic E-state index is 0.415. The van der Waals surface area contributed by atoms with Gasteiger partial charge in [-0.25, -0.2) is 9.59 Å². The minimum atomic E-state index is -0.772. The predicted molar refractivity (Wildman–Crippen MR) is 105 cm³/mol. The van der Waals surface area contributed by atoms with E-state index in [9.17, 15) is 9.59 Å². The number of carbonyl (C=O) groups excluding carboxylic acids is 1. The van der Waals surface area contributed by atoms with Crippen LogP contribution in [0.25, 0.3) is 33.3 Å². The predicted octanol–water partition coefficient (Wildman–Crippen LogP) is 4.45. The summed E-state index contributed by atoms with van der Waals surface area (Å²) in [5.41, 5.74) is 1.99. The largest absolute Gasteiger partial charge is 0.479 e. The fourth-order valence-electron chi connectivity index (χ4n) is 3.14. The first-order chi connectivity index (χ1) is 13.5. The standard InChI is InChI=1S/C22H18O6/c1-12-8-19-15(10-18(12)26-13(2)22(24)25-3)16(11-21(23)28-19)20-9-14-6-4-5-7-17(14)27-20/h4-11,13H,1-3H3. The van der Waals surface area contributed by atoms with E-state index in [1.165, 1.54) is 13.2 Å². The molecule has 0 spiro atoms. The van der Waals surface area contributed by atoms with Gasteiger partial charge >= 0.3 is 11.6 Å². The van der Waals surface area contributed by atoms with Gasteiger partial charge in [0.05, 0.1) is 7.11 Å². The molecule has 2 aromatic carbocycles. The van der Waals surface area contributed by atoms with Gasteiger partial charge in [0.15, 0.2) is 6.10 Å². The minimum Gasteiger partial charge on any atom is -0.479 e. The van der Waals surface area contributed by atoms with E-state index in [1.807, 2.05) is 37.3 Å². The van der Waals surface area contributed by atoms with Crippen LogP contribution in [0.15, 0.2) is 62.2 Å². The molecule has 1 atom stereocenters. The molecule has 0 radical (unpaired) electrons. The van der Waals surface area contributed by atoms with Crippen molar-refractivity contribution in [1.82, 2.24) is 0 Å². The number of esters is 1. The van der Waals surface area contributed by atoms with E-state index in [0.29, 0.717) is 28.0 Å². The van der Waals surface area contributed by atoms with Crippen molar-refractivity contribution in [2.75, 3.05) is 7.11 Å². The van der Waals surface area contributed by atoms with Crippen molar-refractivity contribution in [3.05, 3.63) is 64.5 Å². The van der Waals surface area contributed by atoms with Crippen LogP contribution in [0.3, 0.4) is 0 Å². The van der Waals surface area contributed by atoms with Crippen LogP contribution in [-0.4, -0.2) is 19.2 Å². The smallest absolute Gasteiger partial charge is 0.346 e. The molecule has 142 valence electrons. The lowest BCUT2D eigenvalue weighted by molar-refractivity contribution is -0.147. The van der Waals surface area contributed by atoms with Gasteiger partial charge in [0.25, 0.3) is 0 Å². The van der Waals surface area contributed by atoms with Gasteiger partial charge in [-0.3, -0.25) is 0 Å². The molecule has 1 unspecified atom stereocenters. The van der Waals surface area contributed by atoms with Gasteiger partial charge in [0.2, 0.25) is 0 Å². The fraction of sp³-hybridized carbons (Fsp3) is 0.182. The lowest BCUT2D eigenvalue weighted by Crippen LogP contribution is -2.25. The van der Waals surface area contributed by atoms with E-state index in [0.717, 1.165) is 16.5 Å². The van der Waals surface area contributed by atoms with Gasteiger partial charge in [-0.05, 0) is 43.7 Å². The van der Waals surface area contributed by atoms with Gasteiger partial charge < -0.3 is 18.3 Å². The molecule has 6 nitrogen and oxygen atoms in total. The zero-order valence-electron chi connectivity index (χ0n) is 15.6. The highest BCUT2D eigenvalue weighted by Crippen LogP contribution is 2.35. The molecule has 0 saturated heterocycles. The third-order valence-electron chi connectivity index (χ3n) is 4.57. The molecule has 2 heterocycles. The number of hydrogen-bond donors (Lipinski definition) is 0. The Morgan fingerprint density at radius 3 is 2.57 bits per heavy atom. The first kappa shape index (κ1) is 17.9. The van der Waals surface area contributed by atoms with Crippen molar-refractivity contribution in [2.45, 2.75) is 20.0 Å².